The zero-order valence-corrected chi connectivity index (χ0v) is 6.80. The van der Waals surface area contributed by atoms with Crippen molar-refractivity contribution in [1.29, 1.82) is 0 Å². The Hall–Kier alpha value is -0.390. The molecule has 0 aromatic heterocycles. The van der Waals surface area contributed by atoms with E-state index in [4.69, 9.17) is 17.5 Å². The molecule has 0 aliphatic rings. The summed E-state index contributed by atoms with van der Waals surface area (Å²) < 4.78 is 31.6. The van der Waals surface area contributed by atoms with E-state index in [1.807, 2.05) is 6.08 Å². The Labute approximate surface area is 61.1 Å². The van der Waals surface area contributed by atoms with Crippen LogP contribution in [0.3, 0.4) is 0 Å². The van der Waals surface area contributed by atoms with E-state index in [1.165, 1.54) is 0 Å². The van der Waals surface area contributed by atoms with Crippen LogP contribution in [0.2, 0.25) is 0 Å². The standard InChI is InChI=1S/C5H10.H2O4S/c1-4-5(2)3;1-5(2,3)4/h4-5H,1H2,2-3H3;(H2,1,2,3,4). The molecule has 0 radical (unpaired) electrons. The van der Waals surface area contributed by atoms with Crippen LogP contribution in [0.25, 0.3) is 0 Å². The molecule has 0 bridgehead atoms. The van der Waals surface area contributed by atoms with Crippen LogP contribution in [-0.2, 0) is 10.4 Å². The normalized spacial score (nSPS) is 10.1. The summed E-state index contributed by atoms with van der Waals surface area (Å²) in [5, 5.41) is 0. The summed E-state index contributed by atoms with van der Waals surface area (Å²) in [6, 6.07) is 0. The van der Waals surface area contributed by atoms with Crippen molar-refractivity contribution in [3.63, 3.8) is 0 Å². The van der Waals surface area contributed by atoms with E-state index in [0.717, 1.165) is 0 Å². The van der Waals surface area contributed by atoms with Crippen LogP contribution >= 0.6 is 0 Å². The minimum absolute atomic E-state index is 0.648. The highest BCUT2D eigenvalue weighted by molar-refractivity contribution is 7.79. The largest absolute Gasteiger partial charge is 0.394 e. The van der Waals surface area contributed by atoms with Crippen molar-refractivity contribution >= 4 is 10.4 Å². The Morgan fingerprint density at radius 2 is 1.50 bits per heavy atom. The highest BCUT2D eigenvalue weighted by Crippen LogP contribution is 1.87. The average molecular weight is 168 g/mol. The first-order chi connectivity index (χ1) is 4.27. The second-order valence-corrected chi connectivity index (χ2v) is 2.82. The maximum absolute atomic E-state index is 8.74. The smallest absolute Gasteiger partial charge is 0.264 e. The topological polar surface area (TPSA) is 74.6 Å². The van der Waals surface area contributed by atoms with Crippen molar-refractivity contribution in [2.75, 3.05) is 0 Å². The van der Waals surface area contributed by atoms with Gasteiger partial charge in [0.05, 0.1) is 0 Å². The number of hydrogen-bond acceptors (Lipinski definition) is 2. The zero-order chi connectivity index (χ0) is 8.78. The van der Waals surface area contributed by atoms with E-state index < -0.39 is 10.4 Å². The van der Waals surface area contributed by atoms with Gasteiger partial charge < -0.3 is 0 Å². The second kappa shape index (κ2) is 5.40. The van der Waals surface area contributed by atoms with Crippen LogP contribution < -0.4 is 0 Å². The summed E-state index contributed by atoms with van der Waals surface area (Å²) in [6.07, 6.45) is 1.92. The minimum atomic E-state index is -4.67. The Balaban J connectivity index is 0. The third-order valence-electron chi connectivity index (χ3n) is 0.471. The Morgan fingerprint density at radius 1 is 1.40 bits per heavy atom. The highest BCUT2D eigenvalue weighted by Gasteiger charge is 1.84. The molecule has 0 fully saturated rings. The van der Waals surface area contributed by atoms with Crippen molar-refractivity contribution < 1.29 is 17.5 Å². The molecule has 0 aliphatic heterocycles. The molecule has 0 heterocycles. The molecular formula is C5H12O4S. The Bertz CT molecular complexity index is 160. The van der Waals surface area contributed by atoms with Crippen molar-refractivity contribution in [1.82, 2.24) is 0 Å². The van der Waals surface area contributed by atoms with Gasteiger partial charge in [-0.15, -0.1) is 6.58 Å². The fourth-order valence-corrected chi connectivity index (χ4v) is 0. The summed E-state index contributed by atoms with van der Waals surface area (Å²) in [4.78, 5) is 0. The van der Waals surface area contributed by atoms with E-state index in [0.29, 0.717) is 5.92 Å². The molecule has 0 saturated carbocycles. The van der Waals surface area contributed by atoms with Crippen LogP contribution in [0.5, 0.6) is 0 Å². The molecule has 62 valence electrons. The summed E-state index contributed by atoms with van der Waals surface area (Å²) in [7, 11) is -4.67. The van der Waals surface area contributed by atoms with Crippen LogP contribution in [0.1, 0.15) is 13.8 Å². The van der Waals surface area contributed by atoms with E-state index in [-0.39, 0.29) is 0 Å². The molecular weight excluding hydrogens is 156 g/mol. The Kier molecular flexibility index (Phi) is 6.64. The zero-order valence-electron chi connectivity index (χ0n) is 5.98. The van der Waals surface area contributed by atoms with Gasteiger partial charge >= 0.3 is 10.4 Å². The molecule has 0 rings (SSSR count). The van der Waals surface area contributed by atoms with Gasteiger partial charge in [-0.05, 0) is 5.92 Å². The molecule has 0 aromatic carbocycles. The average Bonchev–Trinajstić information content (AvgIpc) is 1.61. The molecule has 10 heavy (non-hydrogen) atoms. The number of hydrogen-bond donors (Lipinski definition) is 2. The minimum Gasteiger partial charge on any atom is -0.264 e. The quantitative estimate of drug-likeness (QED) is 0.455. The third-order valence-corrected chi connectivity index (χ3v) is 0.471. The number of rotatable bonds is 1. The van der Waals surface area contributed by atoms with Gasteiger partial charge in [0.1, 0.15) is 0 Å². The molecule has 0 saturated heterocycles. The predicted molar refractivity (Wildman–Crippen MR) is 39.2 cm³/mol. The Morgan fingerprint density at radius 3 is 1.50 bits per heavy atom. The van der Waals surface area contributed by atoms with Gasteiger partial charge in [0.15, 0.2) is 0 Å². The van der Waals surface area contributed by atoms with Crippen molar-refractivity contribution in [2.24, 2.45) is 5.92 Å². The van der Waals surface area contributed by atoms with E-state index in [1.54, 1.807) is 0 Å². The summed E-state index contributed by atoms with van der Waals surface area (Å²) >= 11 is 0. The molecule has 5 heteroatoms. The van der Waals surface area contributed by atoms with Crippen LogP contribution in [0.4, 0.5) is 0 Å². The fraction of sp³-hybridized carbons (Fsp3) is 0.600. The van der Waals surface area contributed by atoms with Crippen LogP contribution in [-0.4, -0.2) is 17.5 Å². The lowest BCUT2D eigenvalue weighted by Gasteiger charge is -1.84. The number of allylic oxidation sites excluding steroid dienone is 1. The van der Waals surface area contributed by atoms with Crippen LogP contribution in [0.15, 0.2) is 12.7 Å². The monoisotopic (exact) mass is 168 g/mol. The van der Waals surface area contributed by atoms with E-state index in [9.17, 15) is 0 Å². The molecule has 0 spiro atoms. The second-order valence-electron chi connectivity index (χ2n) is 1.93. The van der Waals surface area contributed by atoms with Gasteiger partial charge in [-0.25, -0.2) is 0 Å². The van der Waals surface area contributed by atoms with Gasteiger partial charge in [0.25, 0.3) is 0 Å². The molecule has 0 atom stereocenters. The fourth-order valence-electron chi connectivity index (χ4n) is 0. The molecule has 0 amide bonds. The van der Waals surface area contributed by atoms with Crippen molar-refractivity contribution in [3.05, 3.63) is 12.7 Å². The van der Waals surface area contributed by atoms with Crippen LogP contribution in [0, 0.1) is 5.92 Å². The van der Waals surface area contributed by atoms with Gasteiger partial charge in [-0.3, -0.25) is 9.11 Å². The summed E-state index contributed by atoms with van der Waals surface area (Å²) in [5.41, 5.74) is 0. The lowest BCUT2D eigenvalue weighted by atomic mass is 10.2. The van der Waals surface area contributed by atoms with Crippen molar-refractivity contribution in [3.8, 4) is 0 Å². The highest BCUT2D eigenvalue weighted by atomic mass is 32.3. The summed E-state index contributed by atoms with van der Waals surface area (Å²) in [6.45, 7) is 7.77. The molecule has 0 unspecified atom stereocenters. The van der Waals surface area contributed by atoms with Gasteiger partial charge in [-0.1, -0.05) is 19.9 Å². The predicted octanol–water partition coefficient (Wildman–Crippen LogP) is 1.18. The first-order valence-electron chi connectivity index (χ1n) is 2.59. The summed E-state index contributed by atoms with van der Waals surface area (Å²) in [5.74, 6) is 0.648. The molecule has 4 nitrogen and oxygen atoms in total. The first-order valence-corrected chi connectivity index (χ1v) is 3.99. The lowest BCUT2D eigenvalue weighted by molar-refractivity contribution is 0.381. The molecule has 2 N–H and O–H groups in total. The SMILES string of the molecule is C=CC(C)C.O=S(=O)(O)O. The van der Waals surface area contributed by atoms with E-state index in [2.05, 4.69) is 20.4 Å². The van der Waals surface area contributed by atoms with Gasteiger partial charge in [-0.2, -0.15) is 8.42 Å². The molecule has 0 aliphatic carbocycles. The van der Waals surface area contributed by atoms with Gasteiger partial charge in [0.2, 0.25) is 0 Å². The van der Waals surface area contributed by atoms with E-state index >= 15 is 0 Å². The maximum atomic E-state index is 8.74. The lowest BCUT2D eigenvalue weighted by Crippen LogP contribution is -1.89. The third kappa shape index (κ3) is 128. The van der Waals surface area contributed by atoms with Crippen molar-refractivity contribution in [2.45, 2.75) is 13.8 Å². The maximum Gasteiger partial charge on any atom is 0.394 e. The molecule has 0 aromatic rings. The first kappa shape index (κ1) is 12.3. The van der Waals surface area contributed by atoms with Gasteiger partial charge in [0, 0.05) is 0 Å².